The molecule has 0 amide bonds. The fourth-order valence-corrected chi connectivity index (χ4v) is 2.79. The van der Waals surface area contributed by atoms with Crippen molar-refractivity contribution >= 4 is 0 Å². The molecule has 1 spiro atoms. The van der Waals surface area contributed by atoms with Gasteiger partial charge in [-0.2, -0.15) is 0 Å². The highest BCUT2D eigenvalue weighted by Gasteiger charge is 2.40. The molecule has 0 unspecified atom stereocenters. The van der Waals surface area contributed by atoms with Crippen molar-refractivity contribution in [2.45, 2.75) is 25.2 Å². The van der Waals surface area contributed by atoms with E-state index in [-0.39, 0.29) is 11.6 Å². The molecule has 18 heavy (non-hydrogen) atoms. The quantitative estimate of drug-likeness (QED) is 0.804. The lowest BCUT2D eigenvalue weighted by Gasteiger charge is -2.38. The van der Waals surface area contributed by atoms with Gasteiger partial charge in [-0.25, -0.2) is 4.39 Å². The Kier molecular flexibility index (Phi) is 3.33. The van der Waals surface area contributed by atoms with Crippen LogP contribution < -0.4 is 0 Å². The summed E-state index contributed by atoms with van der Waals surface area (Å²) in [5.41, 5.74) is 1.13. The second-order valence-corrected chi connectivity index (χ2v) is 5.05. The van der Waals surface area contributed by atoms with E-state index >= 15 is 0 Å². The highest BCUT2D eigenvalue weighted by Crippen LogP contribution is 2.30. The molecule has 2 fully saturated rings. The fraction of sp³-hybridized carbons (Fsp3) is 0.571. The molecular formula is C14H18FNO2. The molecule has 3 nitrogen and oxygen atoms in total. The fourth-order valence-electron chi connectivity index (χ4n) is 2.79. The van der Waals surface area contributed by atoms with Crippen LogP contribution in [-0.4, -0.2) is 37.0 Å². The Labute approximate surface area is 106 Å². The molecule has 0 radical (unpaired) electrons. The van der Waals surface area contributed by atoms with E-state index in [0.717, 1.165) is 38.0 Å². The molecule has 3 rings (SSSR count). The van der Waals surface area contributed by atoms with Gasteiger partial charge < -0.3 is 9.47 Å². The largest absolute Gasteiger partial charge is 0.346 e. The monoisotopic (exact) mass is 251 g/mol. The number of benzene rings is 1. The molecular weight excluding hydrogens is 233 g/mol. The van der Waals surface area contributed by atoms with E-state index in [0.29, 0.717) is 13.2 Å². The van der Waals surface area contributed by atoms with Crippen molar-refractivity contribution < 1.29 is 13.9 Å². The number of piperidine rings is 1. The van der Waals surface area contributed by atoms with Gasteiger partial charge in [-0.3, -0.25) is 4.90 Å². The van der Waals surface area contributed by atoms with Crippen molar-refractivity contribution in [2.75, 3.05) is 26.3 Å². The van der Waals surface area contributed by atoms with Gasteiger partial charge in [-0.05, 0) is 30.7 Å². The average molecular weight is 251 g/mol. The third kappa shape index (κ3) is 2.55. The second kappa shape index (κ2) is 4.96. The van der Waals surface area contributed by atoms with Crippen LogP contribution in [0.3, 0.4) is 0 Å². The highest BCUT2D eigenvalue weighted by atomic mass is 19.1. The molecule has 0 aliphatic carbocycles. The van der Waals surface area contributed by atoms with Crippen LogP contribution in [0.25, 0.3) is 0 Å². The Morgan fingerprint density at radius 1 is 1.17 bits per heavy atom. The molecule has 2 aliphatic heterocycles. The summed E-state index contributed by atoms with van der Waals surface area (Å²) < 4.78 is 24.3. The maximum atomic E-state index is 12.9. The first kappa shape index (κ1) is 12.1. The van der Waals surface area contributed by atoms with E-state index in [1.54, 1.807) is 0 Å². The van der Waals surface area contributed by atoms with Gasteiger partial charge in [0.1, 0.15) is 5.82 Å². The molecule has 2 saturated heterocycles. The summed E-state index contributed by atoms with van der Waals surface area (Å²) in [5.74, 6) is -0.561. The van der Waals surface area contributed by atoms with Gasteiger partial charge in [0.15, 0.2) is 5.79 Å². The van der Waals surface area contributed by atoms with Crippen molar-refractivity contribution in [3.63, 3.8) is 0 Å². The number of halogens is 1. The lowest BCUT2D eigenvalue weighted by Crippen LogP contribution is -2.48. The van der Waals surface area contributed by atoms with Crippen molar-refractivity contribution in [3.8, 4) is 0 Å². The van der Waals surface area contributed by atoms with Gasteiger partial charge in [0, 0.05) is 13.0 Å². The standard InChI is InChI=1S/C14H18FNO2/c15-13-4-2-12(3-5-13)10-16-7-1-6-14(11-16)17-8-9-18-14/h2-5H,1,6-11H2. The van der Waals surface area contributed by atoms with E-state index in [1.165, 1.54) is 12.1 Å². The highest BCUT2D eigenvalue weighted by molar-refractivity contribution is 5.16. The Hall–Kier alpha value is -0.970. The summed E-state index contributed by atoms with van der Waals surface area (Å²) in [4.78, 5) is 2.32. The number of likely N-dealkylation sites (tertiary alicyclic amines) is 1. The first-order valence-corrected chi connectivity index (χ1v) is 6.51. The molecule has 1 aromatic carbocycles. The Bertz CT molecular complexity index is 401. The third-order valence-electron chi connectivity index (χ3n) is 3.63. The number of rotatable bonds is 2. The minimum Gasteiger partial charge on any atom is -0.346 e. The zero-order valence-corrected chi connectivity index (χ0v) is 10.4. The van der Waals surface area contributed by atoms with Crippen LogP contribution >= 0.6 is 0 Å². The van der Waals surface area contributed by atoms with E-state index < -0.39 is 0 Å². The van der Waals surface area contributed by atoms with Crippen LogP contribution in [0.1, 0.15) is 18.4 Å². The minimum atomic E-state index is -0.377. The average Bonchev–Trinajstić information content (AvgIpc) is 2.80. The molecule has 0 saturated carbocycles. The molecule has 0 bridgehead atoms. The molecule has 0 atom stereocenters. The van der Waals surface area contributed by atoms with Gasteiger partial charge >= 0.3 is 0 Å². The Morgan fingerprint density at radius 2 is 1.89 bits per heavy atom. The molecule has 0 aromatic heterocycles. The summed E-state index contributed by atoms with van der Waals surface area (Å²) in [6.45, 7) is 4.08. The molecule has 98 valence electrons. The van der Waals surface area contributed by atoms with Gasteiger partial charge in [-0.1, -0.05) is 12.1 Å². The lowest BCUT2D eigenvalue weighted by atomic mass is 10.0. The zero-order valence-electron chi connectivity index (χ0n) is 10.4. The van der Waals surface area contributed by atoms with Crippen LogP contribution in [0.2, 0.25) is 0 Å². The van der Waals surface area contributed by atoms with Crippen molar-refractivity contribution in [3.05, 3.63) is 35.6 Å². The summed E-state index contributed by atoms with van der Waals surface area (Å²) in [5, 5.41) is 0. The smallest absolute Gasteiger partial charge is 0.181 e. The molecule has 2 heterocycles. The topological polar surface area (TPSA) is 21.7 Å². The van der Waals surface area contributed by atoms with Crippen LogP contribution in [0.4, 0.5) is 4.39 Å². The summed E-state index contributed by atoms with van der Waals surface area (Å²) in [6.07, 6.45) is 2.06. The molecule has 4 heteroatoms. The van der Waals surface area contributed by atoms with Crippen LogP contribution in [-0.2, 0) is 16.0 Å². The minimum absolute atomic E-state index is 0.184. The number of hydrogen-bond acceptors (Lipinski definition) is 3. The summed E-state index contributed by atoms with van der Waals surface area (Å²) in [6, 6.07) is 6.70. The first-order chi connectivity index (χ1) is 8.76. The van der Waals surface area contributed by atoms with Gasteiger partial charge in [0.2, 0.25) is 0 Å². The number of nitrogens with zero attached hydrogens (tertiary/aromatic N) is 1. The van der Waals surface area contributed by atoms with Gasteiger partial charge in [-0.15, -0.1) is 0 Å². The van der Waals surface area contributed by atoms with E-state index in [4.69, 9.17) is 9.47 Å². The third-order valence-corrected chi connectivity index (χ3v) is 3.63. The Balaban J connectivity index is 1.64. The van der Waals surface area contributed by atoms with Crippen molar-refractivity contribution in [1.29, 1.82) is 0 Å². The molecule has 0 N–H and O–H groups in total. The van der Waals surface area contributed by atoms with Crippen LogP contribution in [0.15, 0.2) is 24.3 Å². The SMILES string of the molecule is Fc1ccc(CN2CCCC3(C2)OCCO3)cc1. The van der Waals surface area contributed by atoms with Crippen LogP contribution in [0, 0.1) is 5.82 Å². The Morgan fingerprint density at radius 3 is 2.61 bits per heavy atom. The van der Waals surface area contributed by atoms with Crippen LogP contribution in [0.5, 0.6) is 0 Å². The number of hydrogen-bond donors (Lipinski definition) is 0. The van der Waals surface area contributed by atoms with Gasteiger partial charge in [0.05, 0.1) is 19.8 Å². The predicted octanol–water partition coefficient (Wildman–Crippen LogP) is 2.16. The maximum Gasteiger partial charge on any atom is 0.181 e. The van der Waals surface area contributed by atoms with Crippen molar-refractivity contribution in [2.24, 2.45) is 0 Å². The van der Waals surface area contributed by atoms with E-state index in [9.17, 15) is 4.39 Å². The number of ether oxygens (including phenoxy) is 2. The predicted molar refractivity (Wildman–Crippen MR) is 65.5 cm³/mol. The normalized spacial score (nSPS) is 23.6. The van der Waals surface area contributed by atoms with E-state index in [2.05, 4.69) is 4.90 Å². The zero-order chi connectivity index (χ0) is 12.4. The summed E-state index contributed by atoms with van der Waals surface area (Å²) >= 11 is 0. The first-order valence-electron chi connectivity index (χ1n) is 6.51. The maximum absolute atomic E-state index is 12.9. The summed E-state index contributed by atoms with van der Waals surface area (Å²) in [7, 11) is 0. The molecule has 1 aromatic rings. The second-order valence-electron chi connectivity index (χ2n) is 5.05. The van der Waals surface area contributed by atoms with E-state index in [1.807, 2.05) is 12.1 Å². The van der Waals surface area contributed by atoms with Crippen molar-refractivity contribution in [1.82, 2.24) is 4.90 Å². The lowest BCUT2D eigenvalue weighted by molar-refractivity contribution is -0.190. The molecule has 2 aliphatic rings. The van der Waals surface area contributed by atoms with Gasteiger partial charge in [0.25, 0.3) is 0 Å².